The lowest BCUT2D eigenvalue weighted by Crippen LogP contribution is -2.34. The van der Waals surface area contributed by atoms with Crippen LogP contribution in [0.4, 0.5) is 27.9 Å². The van der Waals surface area contributed by atoms with Crippen molar-refractivity contribution < 1.29 is 14.3 Å². The number of amides is 2. The molecule has 27 heavy (non-hydrogen) atoms. The minimum Gasteiger partial charge on any atom is -0.465 e. The summed E-state index contributed by atoms with van der Waals surface area (Å²) in [5.74, 6) is 0.132. The lowest BCUT2D eigenvalue weighted by molar-refractivity contribution is -0.141. The summed E-state index contributed by atoms with van der Waals surface area (Å²) in [6, 6.07) is 4.43. The fourth-order valence-electron chi connectivity index (χ4n) is 1.96. The van der Waals surface area contributed by atoms with E-state index in [-0.39, 0.29) is 19.1 Å². The quantitative estimate of drug-likeness (QED) is 0.515. The van der Waals surface area contributed by atoms with E-state index in [1.807, 2.05) is 0 Å². The zero-order chi connectivity index (χ0) is 19.8. The highest BCUT2D eigenvalue weighted by Gasteiger charge is 2.11. The molecule has 0 unspecified atom stereocenters. The van der Waals surface area contributed by atoms with Gasteiger partial charge in [0.05, 0.1) is 22.8 Å². The Morgan fingerprint density at radius 1 is 1.22 bits per heavy atom. The SMILES string of the molecule is CCOC(=O)CNC(=O)Nc1cnc(Nc2ccc(Cl)c(Cl)c2)nc1NC. The maximum atomic E-state index is 11.9. The Bertz CT molecular complexity index is 834. The Morgan fingerprint density at radius 3 is 2.67 bits per heavy atom. The molecule has 0 spiro atoms. The van der Waals surface area contributed by atoms with Gasteiger partial charge in [0.25, 0.3) is 0 Å². The largest absolute Gasteiger partial charge is 0.465 e. The van der Waals surface area contributed by atoms with Crippen LogP contribution in [-0.2, 0) is 9.53 Å². The number of halogens is 2. The summed E-state index contributed by atoms with van der Waals surface area (Å²) in [5.41, 5.74) is 0.984. The van der Waals surface area contributed by atoms with Crippen molar-refractivity contribution in [3.8, 4) is 0 Å². The average Bonchev–Trinajstić information content (AvgIpc) is 2.64. The van der Waals surface area contributed by atoms with Gasteiger partial charge in [0.1, 0.15) is 12.2 Å². The molecule has 2 amide bonds. The number of hydrogen-bond donors (Lipinski definition) is 4. The molecule has 0 saturated carbocycles. The van der Waals surface area contributed by atoms with Gasteiger partial charge in [-0.1, -0.05) is 23.2 Å². The molecule has 4 N–H and O–H groups in total. The second-order valence-electron chi connectivity index (χ2n) is 5.07. The molecule has 1 aromatic heterocycles. The number of carbonyl (C=O) groups is 2. The zero-order valence-electron chi connectivity index (χ0n) is 14.6. The van der Waals surface area contributed by atoms with Crippen LogP contribution in [0.3, 0.4) is 0 Å². The van der Waals surface area contributed by atoms with Gasteiger partial charge in [-0.25, -0.2) is 9.78 Å². The third-order valence-corrected chi connectivity index (χ3v) is 3.89. The third kappa shape index (κ3) is 6.15. The summed E-state index contributed by atoms with van der Waals surface area (Å²) in [7, 11) is 1.65. The number of rotatable bonds is 7. The lowest BCUT2D eigenvalue weighted by Gasteiger charge is -2.12. The van der Waals surface area contributed by atoms with E-state index in [2.05, 4.69) is 31.2 Å². The molecule has 0 radical (unpaired) electrons. The van der Waals surface area contributed by atoms with Crippen molar-refractivity contribution >= 4 is 58.3 Å². The van der Waals surface area contributed by atoms with E-state index in [9.17, 15) is 9.59 Å². The summed E-state index contributed by atoms with van der Waals surface area (Å²) < 4.78 is 4.73. The van der Waals surface area contributed by atoms with Crippen molar-refractivity contribution in [1.82, 2.24) is 15.3 Å². The first-order valence-corrected chi connectivity index (χ1v) is 8.65. The summed E-state index contributed by atoms with van der Waals surface area (Å²) in [4.78, 5) is 31.5. The van der Waals surface area contributed by atoms with Crippen LogP contribution in [0, 0.1) is 0 Å². The summed E-state index contributed by atoms with van der Waals surface area (Å²) in [5, 5.41) is 11.6. The van der Waals surface area contributed by atoms with E-state index in [0.29, 0.717) is 27.2 Å². The molecule has 2 aromatic rings. The minimum atomic E-state index is -0.589. The van der Waals surface area contributed by atoms with Gasteiger partial charge in [0, 0.05) is 12.7 Å². The van der Waals surface area contributed by atoms with Crippen molar-refractivity contribution in [2.45, 2.75) is 6.92 Å². The topological polar surface area (TPSA) is 117 Å². The van der Waals surface area contributed by atoms with Gasteiger partial charge >= 0.3 is 12.0 Å². The van der Waals surface area contributed by atoms with Gasteiger partial charge in [-0.15, -0.1) is 0 Å². The standard InChI is InChI=1S/C16H18Cl2N6O3/c1-3-27-13(25)8-21-16(26)23-12-7-20-15(24-14(12)19-2)22-9-4-5-10(17)11(18)6-9/h4-7H,3,8H2,1-2H3,(H2,21,23,26)(H2,19,20,22,24). The predicted molar refractivity (Wildman–Crippen MR) is 105 cm³/mol. The summed E-state index contributed by atoms with van der Waals surface area (Å²) >= 11 is 11.9. The number of urea groups is 1. The van der Waals surface area contributed by atoms with Gasteiger partial charge in [0.2, 0.25) is 5.95 Å². The molecule has 0 aliphatic heterocycles. The van der Waals surface area contributed by atoms with Gasteiger partial charge in [-0.3, -0.25) is 4.79 Å². The molecule has 1 heterocycles. The van der Waals surface area contributed by atoms with E-state index in [1.165, 1.54) is 6.20 Å². The van der Waals surface area contributed by atoms with Crippen LogP contribution >= 0.6 is 23.2 Å². The zero-order valence-corrected chi connectivity index (χ0v) is 16.1. The fraction of sp³-hybridized carbons (Fsp3) is 0.250. The molecule has 1 aromatic carbocycles. The molecule has 0 atom stereocenters. The van der Waals surface area contributed by atoms with Crippen LogP contribution in [0.1, 0.15) is 6.92 Å². The average molecular weight is 413 g/mol. The third-order valence-electron chi connectivity index (χ3n) is 3.15. The first-order valence-electron chi connectivity index (χ1n) is 7.90. The molecular weight excluding hydrogens is 395 g/mol. The van der Waals surface area contributed by atoms with Crippen molar-refractivity contribution in [3.63, 3.8) is 0 Å². The van der Waals surface area contributed by atoms with Gasteiger partial charge in [-0.05, 0) is 25.1 Å². The maximum absolute atomic E-state index is 11.9. The molecule has 0 saturated heterocycles. The molecule has 2 rings (SSSR count). The van der Waals surface area contributed by atoms with Crippen LogP contribution in [0.2, 0.25) is 10.0 Å². The van der Waals surface area contributed by atoms with E-state index >= 15 is 0 Å². The van der Waals surface area contributed by atoms with Crippen LogP contribution in [0.15, 0.2) is 24.4 Å². The van der Waals surface area contributed by atoms with Crippen LogP contribution in [-0.4, -0.2) is 42.2 Å². The van der Waals surface area contributed by atoms with E-state index in [4.69, 9.17) is 27.9 Å². The number of nitrogens with one attached hydrogen (secondary N) is 4. The fourth-order valence-corrected chi connectivity index (χ4v) is 2.26. The maximum Gasteiger partial charge on any atom is 0.325 e. The smallest absolute Gasteiger partial charge is 0.325 e. The molecule has 9 nitrogen and oxygen atoms in total. The van der Waals surface area contributed by atoms with Crippen molar-refractivity contribution in [2.24, 2.45) is 0 Å². The number of hydrogen-bond acceptors (Lipinski definition) is 7. The molecule has 0 aliphatic rings. The Kier molecular flexibility index (Phi) is 7.44. The monoisotopic (exact) mass is 412 g/mol. The summed E-state index contributed by atoms with van der Waals surface area (Å²) in [6.07, 6.45) is 1.42. The highest BCUT2D eigenvalue weighted by molar-refractivity contribution is 6.42. The molecule has 0 bridgehead atoms. The van der Waals surface area contributed by atoms with Crippen LogP contribution in [0.25, 0.3) is 0 Å². The van der Waals surface area contributed by atoms with E-state index in [1.54, 1.807) is 32.2 Å². The van der Waals surface area contributed by atoms with Gasteiger partial charge < -0.3 is 26.0 Å². The number of nitrogens with zero attached hydrogens (tertiary/aromatic N) is 2. The first-order chi connectivity index (χ1) is 12.9. The molecule has 11 heteroatoms. The first kappa shape index (κ1) is 20.5. The molecule has 0 fully saturated rings. The number of ether oxygens (including phenoxy) is 1. The Balaban J connectivity index is 2.03. The summed E-state index contributed by atoms with van der Waals surface area (Å²) in [6.45, 7) is 1.68. The Hall–Kier alpha value is -2.78. The van der Waals surface area contributed by atoms with Crippen molar-refractivity contribution in [1.29, 1.82) is 0 Å². The van der Waals surface area contributed by atoms with Crippen molar-refractivity contribution in [3.05, 3.63) is 34.4 Å². The number of esters is 1. The molecular formula is C16H18Cl2N6O3. The van der Waals surface area contributed by atoms with Crippen LogP contribution in [0.5, 0.6) is 0 Å². The van der Waals surface area contributed by atoms with Gasteiger partial charge in [-0.2, -0.15) is 4.98 Å². The van der Waals surface area contributed by atoms with E-state index in [0.717, 1.165) is 0 Å². The Labute approximate surface area is 165 Å². The highest BCUT2D eigenvalue weighted by atomic mass is 35.5. The second-order valence-corrected chi connectivity index (χ2v) is 5.89. The molecule has 144 valence electrons. The number of benzene rings is 1. The second kappa shape index (κ2) is 9.79. The number of carbonyl (C=O) groups excluding carboxylic acids is 2. The van der Waals surface area contributed by atoms with Gasteiger partial charge in [0.15, 0.2) is 5.82 Å². The van der Waals surface area contributed by atoms with Crippen molar-refractivity contribution in [2.75, 3.05) is 36.1 Å². The van der Waals surface area contributed by atoms with Crippen LogP contribution < -0.4 is 21.3 Å². The number of anilines is 4. The normalized spacial score (nSPS) is 10.1. The van der Waals surface area contributed by atoms with E-state index < -0.39 is 12.0 Å². The highest BCUT2D eigenvalue weighted by Crippen LogP contribution is 2.27. The lowest BCUT2D eigenvalue weighted by atomic mass is 10.3. The molecule has 0 aliphatic carbocycles. The number of aromatic nitrogens is 2. The Morgan fingerprint density at radius 2 is 2.00 bits per heavy atom. The minimum absolute atomic E-state index is 0.243. The predicted octanol–water partition coefficient (Wildman–Crippen LogP) is 3.25.